The molecule has 1 atom stereocenters. The fourth-order valence-corrected chi connectivity index (χ4v) is 4.36. The van der Waals surface area contributed by atoms with Gasteiger partial charge in [0.1, 0.15) is 12.8 Å². The molecular formula is C20H17ClN7OP. The van der Waals surface area contributed by atoms with Gasteiger partial charge in [-0.15, -0.1) is 5.10 Å². The number of pyridine rings is 1. The van der Waals surface area contributed by atoms with Crippen molar-refractivity contribution in [3.8, 4) is 11.3 Å². The van der Waals surface area contributed by atoms with E-state index in [0.717, 1.165) is 22.1 Å². The fraction of sp³-hybridized carbons (Fsp3) is 0.150. The Hall–Kier alpha value is -3.09. The van der Waals surface area contributed by atoms with Gasteiger partial charge in [-0.3, -0.25) is 0 Å². The van der Waals surface area contributed by atoms with Gasteiger partial charge in [0.15, 0.2) is 11.1 Å². The van der Waals surface area contributed by atoms with Crippen LogP contribution in [0.3, 0.4) is 0 Å². The molecule has 30 heavy (non-hydrogen) atoms. The molecule has 0 aliphatic heterocycles. The predicted octanol–water partition coefficient (Wildman–Crippen LogP) is 3.57. The molecule has 0 fully saturated rings. The number of imidazole rings is 1. The highest BCUT2D eigenvalue weighted by molar-refractivity contribution is 7.70. The zero-order chi connectivity index (χ0) is 20.9. The lowest BCUT2D eigenvalue weighted by atomic mass is 10.2. The lowest BCUT2D eigenvalue weighted by molar-refractivity contribution is 0.588. The van der Waals surface area contributed by atoms with Gasteiger partial charge in [0.25, 0.3) is 0 Å². The molecule has 4 aromatic heterocycles. The average Bonchev–Trinajstić information content (AvgIpc) is 3.38. The molecule has 0 saturated heterocycles. The first-order chi connectivity index (χ1) is 14.4. The Morgan fingerprint density at radius 2 is 1.87 bits per heavy atom. The third-order valence-corrected chi connectivity index (χ3v) is 6.85. The summed E-state index contributed by atoms with van der Waals surface area (Å²) in [6, 6.07) is 11.3. The van der Waals surface area contributed by atoms with Crippen molar-refractivity contribution in [1.82, 2.24) is 34.3 Å². The van der Waals surface area contributed by atoms with E-state index < -0.39 is 12.6 Å². The van der Waals surface area contributed by atoms with E-state index in [1.54, 1.807) is 30.4 Å². The average molecular weight is 438 g/mol. The number of benzene rings is 1. The van der Waals surface area contributed by atoms with E-state index in [4.69, 9.17) is 16.6 Å². The lowest BCUT2D eigenvalue weighted by Crippen LogP contribution is -2.08. The van der Waals surface area contributed by atoms with Crippen LogP contribution in [0.2, 0.25) is 0 Å². The van der Waals surface area contributed by atoms with Gasteiger partial charge in [-0.1, -0.05) is 47.1 Å². The second-order valence-electron chi connectivity index (χ2n) is 7.33. The van der Waals surface area contributed by atoms with Gasteiger partial charge in [-0.25, -0.2) is 19.6 Å². The molecule has 0 aliphatic carbocycles. The van der Waals surface area contributed by atoms with Crippen LogP contribution in [0.25, 0.3) is 28.2 Å². The van der Waals surface area contributed by atoms with Crippen LogP contribution < -0.4 is 5.30 Å². The molecule has 5 rings (SSSR count). The van der Waals surface area contributed by atoms with Crippen molar-refractivity contribution in [3.63, 3.8) is 0 Å². The van der Waals surface area contributed by atoms with Crippen LogP contribution in [0.15, 0.2) is 61.2 Å². The van der Waals surface area contributed by atoms with E-state index in [9.17, 15) is 4.57 Å². The molecule has 10 heteroatoms. The highest BCUT2D eigenvalue weighted by Crippen LogP contribution is 2.35. The third kappa shape index (κ3) is 3.28. The standard InChI is InChI=1S/C20H17ClN7OP/c1-30(2,29)15-6-3-13(4-7-15)16-11-23-19-20(24-16)28(26-25-19)18(21)14-5-8-17-22-9-10-27(17)12-14/h3-12,18H,1-2H3. The summed E-state index contributed by atoms with van der Waals surface area (Å²) in [7, 11) is -2.31. The number of hydrogen-bond donors (Lipinski definition) is 0. The minimum Gasteiger partial charge on any atom is -0.319 e. The Kier molecular flexibility index (Phi) is 4.41. The van der Waals surface area contributed by atoms with Crippen LogP contribution in [0.1, 0.15) is 11.1 Å². The van der Waals surface area contributed by atoms with Crippen LogP contribution >= 0.6 is 18.7 Å². The van der Waals surface area contributed by atoms with E-state index in [2.05, 4.69) is 20.3 Å². The molecule has 5 aromatic rings. The maximum atomic E-state index is 12.3. The Balaban J connectivity index is 1.55. The maximum Gasteiger partial charge on any atom is 0.221 e. The smallest absolute Gasteiger partial charge is 0.221 e. The normalized spacial score (nSPS) is 13.2. The fourth-order valence-electron chi connectivity index (χ4n) is 3.23. The molecular weight excluding hydrogens is 421 g/mol. The van der Waals surface area contributed by atoms with E-state index in [0.29, 0.717) is 17.0 Å². The van der Waals surface area contributed by atoms with Crippen molar-refractivity contribution in [3.05, 3.63) is 66.7 Å². The van der Waals surface area contributed by atoms with Crippen molar-refractivity contribution in [2.24, 2.45) is 0 Å². The number of hydrogen-bond acceptors (Lipinski definition) is 6. The number of alkyl halides is 1. The van der Waals surface area contributed by atoms with E-state index >= 15 is 0 Å². The summed E-state index contributed by atoms with van der Waals surface area (Å²) in [6.45, 7) is 3.50. The predicted molar refractivity (Wildman–Crippen MR) is 117 cm³/mol. The Labute approximate surface area is 176 Å². The summed E-state index contributed by atoms with van der Waals surface area (Å²) in [6.07, 6.45) is 7.13. The van der Waals surface area contributed by atoms with Crippen molar-refractivity contribution < 1.29 is 4.57 Å². The summed E-state index contributed by atoms with van der Waals surface area (Å²) in [5, 5.41) is 9.09. The lowest BCUT2D eigenvalue weighted by Gasteiger charge is -2.11. The van der Waals surface area contributed by atoms with E-state index in [1.807, 2.05) is 53.2 Å². The molecule has 0 spiro atoms. The first-order valence-electron chi connectivity index (χ1n) is 9.21. The van der Waals surface area contributed by atoms with Gasteiger partial charge in [-0.05, 0) is 19.4 Å². The largest absolute Gasteiger partial charge is 0.319 e. The monoisotopic (exact) mass is 437 g/mol. The molecule has 4 heterocycles. The van der Waals surface area contributed by atoms with Gasteiger partial charge < -0.3 is 8.97 Å². The van der Waals surface area contributed by atoms with Crippen molar-refractivity contribution in [2.75, 3.05) is 13.3 Å². The molecule has 8 nitrogen and oxygen atoms in total. The van der Waals surface area contributed by atoms with Gasteiger partial charge in [-0.2, -0.15) is 0 Å². The first kappa shape index (κ1) is 18.9. The minimum absolute atomic E-state index is 0.413. The van der Waals surface area contributed by atoms with Crippen molar-refractivity contribution in [1.29, 1.82) is 0 Å². The van der Waals surface area contributed by atoms with Gasteiger partial charge >= 0.3 is 0 Å². The maximum absolute atomic E-state index is 12.3. The number of fused-ring (bicyclic) bond motifs is 2. The zero-order valence-corrected chi connectivity index (χ0v) is 17.9. The molecule has 0 aliphatic rings. The molecule has 1 aromatic carbocycles. The van der Waals surface area contributed by atoms with Gasteiger partial charge in [0, 0.05) is 35.0 Å². The summed E-state index contributed by atoms with van der Waals surface area (Å²) in [4.78, 5) is 13.3. The summed E-state index contributed by atoms with van der Waals surface area (Å²) >= 11 is 6.72. The third-order valence-electron chi connectivity index (χ3n) is 4.87. The molecule has 0 radical (unpaired) electrons. The van der Waals surface area contributed by atoms with E-state index in [-0.39, 0.29) is 0 Å². The van der Waals surface area contributed by atoms with Crippen LogP contribution in [0, 0.1) is 0 Å². The number of halogens is 1. The Morgan fingerprint density at radius 3 is 2.63 bits per heavy atom. The van der Waals surface area contributed by atoms with Crippen LogP contribution in [0.5, 0.6) is 0 Å². The highest BCUT2D eigenvalue weighted by Gasteiger charge is 2.19. The van der Waals surface area contributed by atoms with Crippen LogP contribution in [-0.4, -0.2) is 47.7 Å². The van der Waals surface area contributed by atoms with Crippen molar-refractivity contribution in [2.45, 2.75) is 5.50 Å². The van der Waals surface area contributed by atoms with Gasteiger partial charge in [0.2, 0.25) is 5.65 Å². The Morgan fingerprint density at radius 1 is 1.07 bits per heavy atom. The molecule has 0 N–H and O–H groups in total. The molecule has 0 saturated carbocycles. The second-order valence-corrected chi connectivity index (χ2v) is 11.0. The number of aromatic nitrogens is 7. The highest BCUT2D eigenvalue weighted by atomic mass is 35.5. The molecule has 1 unspecified atom stereocenters. The SMILES string of the molecule is CP(C)(=O)c1ccc(-c2cnc3nnn(C(Cl)c4ccc5nccn5c4)c3n2)cc1. The summed E-state index contributed by atoms with van der Waals surface area (Å²) < 4.78 is 15.7. The van der Waals surface area contributed by atoms with Crippen LogP contribution in [0.4, 0.5) is 0 Å². The Bertz CT molecular complexity index is 1420. The van der Waals surface area contributed by atoms with Crippen LogP contribution in [-0.2, 0) is 4.57 Å². The van der Waals surface area contributed by atoms with Gasteiger partial charge in [0.05, 0.1) is 11.9 Å². The summed E-state index contributed by atoms with van der Waals surface area (Å²) in [5.41, 5.74) is 3.47. The topological polar surface area (TPSA) is 90.9 Å². The minimum atomic E-state index is -2.31. The molecule has 0 amide bonds. The number of rotatable bonds is 4. The summed E-state index contributed by atoms with van der Waals surface area (Å²) in [5.74, 6) is 0. The zero-order valence-electron chi connectivity index (χ0n) is 16.2. The molecule has 150 valence electrons. The molecule has 0 bridgehead atoms. The quantitative estimate of drug-likeness (QED) is 0.315. The second kappa shape index (κ2) is 7.00. The van der Waals surface area contributed by atoms with Crippen molar-refractivity contribution >= 4 is 41.0 Å². The first-order valence-corrected chi connectivity index (χ1v) is 12.2. The number of nitrogens with zero attached hydrogens (tertiary/aromatic N) is 7. The van der Waals surface area contributed by atoms with E-state index in [1.165, 1.54) is 0 Å².